The Morgan fingerprint density at radius 1 is 1.45 bits per heavy atom. The molecule has 1 atom stereocenters. The minimum absolute atomic E-state index is 0.131. The molecule has 0 fully saturated rings. The van der Waals surface area contributed by atoms with E-state index in [4.69, 9.17) is 10.8 Å². The summed E-state index contributed by atoms with van der Waals surface area (Å²) in [5, 5.41) is 13.4. The lowest BCUT2D eigenvalue weighted by Gasteiger charge is -2.10. The number of carbonyl (C=O) groups excluding carboxylic acids is 1. The van der Waals surface area contributed by atoms with E-state index >= 15 is 0 Å². The van der Waals surface area contributed by atoms with E-state index in [-0.39, 0.29) is 18.0 Å². The minimum atomic E-state index is -1.03. The van der Waals surface area contributed by atoms with Crippen LogP contribution in [-0.2, 0) is 11.3 Å². The van der Waals surface area contributed by atoms with E-state index in [2.05, 4.69) is 10.3 Å². The smallest absolute Gasteiger partial charge is 0.335 e. The Morgan fingerprint density at radius 3 is 2.90 bits per heavy atom. The van der Waals surface area contributed by atoms with Gasteiger partial charge in [0.25, 0.3) is 0 Å². The maximum atomic E-state index is 11.9. The molecule has 0 aliphatic rings. The number of nitrogens with two attached hydrogens (primary N) is 1. The van der Waals surface area contributed by atoms with Crippen molar-refractivity contribution in [2.75, 3.05) is 0 Å². The molecular formula is C13H13N3O3S. The molecule has 0 radical (unpaired) electrons. The number of rotatable bonds is 5. The topological polar surface area (TPSA) is 105 Å². The molecule has 2 rings (SSSR count). The second kappa shape index (κ2) is 6.27. The van der Waals surface area contributed by atoms with Crippen LogP contribution in [0.2, 0.25) is 0 Å². The van der Waals surface area contributed by atoms with Gasteiger partial charge in [-0.15, -0.1) is 11.3 Å². The molecule has 2 heterocycles. The maximum Gasteiger partial charge on any atom is 0.335 e. The van der Waals surface area contributed by atoms with Crippen LogP contribution < -0.4 is 11.1 Å². The molecule has 4 N–H and O–H groups in total. The number of pyridine rings is 1. The number of nitrogens with one attached hydrogen (secondary N) is 1. The molecule has 0 aliphatic heterocycles. The van der Waals surface area contributed by atoms with Crippen molar-refractivity contribution in [2.45, 2.75) is 12.6 Å². The van der Waals surface area contributed by atoms with Crippen LogP contribution in [0.15, 0.2) is 35.8 Å². The summed E-state index contributed by atoms with van der Waals surface area (Å²) < 4.78 is 0. The van der Waals surface area contributed by atoms with Crippen molar-refractivity contribution in [3.63, 3.8) is 0 Å². The summed E-state index contributed by atoms with van der Waals surface area (Å²) in [7, 11) is 0. The van der Waals surface area contributed by atoms with Gasteiger partial charge in [-0.05, 0) is 23.6 Å². The molecule has 0 saturated carbocycles. The van der Waals surface area contributed by atoms with Gasteiger partial charge in [0.05, 0.1) is 17.8 Å². The molecule has 0 aliphatic carbocycles. The van der Waals surface area contributed by atoms with Crippen LogP contribution in [0.4, 0.5) is 0 Å². The van der Waals surface area contributed by atoms with Gasteiger partial charge >= 0.3 is 5.97 Å². The SMILES string of the molecule is NC(C(=O)NCc1cc(C(=O)O)ccn1)c1cccs1. The van der Waals surface area contributed by atoms with Gasteiger partial charge in [-0.2, -0.15) is 0 Å². The third-order valence-corrected chi connectivity index (χ3v) is 3.59. The highest BCUT2D eigenvalue weighted by molar-refractivity contribution is 7.10. The number of nitrogens with zero attached hydrogens (tertiary/aromatic N) is 1. The highest BCUT2D eigenvalue weighted by Crippen LogP contribution is 2.16. The summed E-state index contributed by atoms with van der Waals surface area (Å²) in [6.07, 6.45) is 1.39. The average Bonchev–Trinajstić information content (AvgIpc) is 2.98. The molecule has 104 valence electrons. The second-order valence-corrected chi connectivity index (χ2v) is 5.03. The first-order valence-corrected chi connectivity index (χ1v) is 6.71. The molecule has 1 amide bonds. The van der Waals surface area contributed by atoms with Crippen molar-refractivity contribution in [2.24, 2.45) is 5.73 Å². The molecule has 7 heteroatoms. The first-order valence-electron chi connectivity index (χ1n) is 5.83. The van der Waals surface area contributed by atoms with Crippen molar-refractivity contribution in [1.29, 1.82) is 0 Å². The molecule has 0 aromatic carbocycles. The molecular weight excluding hydrogens is 278 g/mol. The van der Waals surface area contributed by atoms with Crippen LogP contribution in [0, 0.1) is 0 Å². The lowest BCUT2D eigenvalue weighted by Crippen LogP contribution is -2.33. The average molecular weight is 291 g/mol. The number of thiophene rings is 1. The van der Waals surface area contributed by atoms with Gasteiger partial charge < -0.3 is 16.2 Å². The summed E-state index contributed by atoms with van der Waals surface area (Å²) >= 11 is 1.41. The largest absolute Gasteiger partial charge is 0.478 e. The molecule has 2 aromatic heterocycles. The standard InChI is InChI=1S/C13H13N3O3S/c14-11(10-2-1-5-20-10)12(17)16-7-9-6-8(13(18)19)3-4-15-9/h1-6,11H,7,14H2,(H,16,17)(H,18,19). The number of carboxylic acid groups (broad SMARTS) is 1. The summed E-state index contributed by atoms with van der Waals surface area (Å²) in [6, 6.07) is 5.70. The molecule has 0 bridgehead atoms. The second-order valence-electron chi connectivity index (χ2n) is 4.05. The fraction of sp³-hybridized carbons (Fsp3) is 0.154. The van der Waals surface area contributed by atoms with Crippen molar-refractivity contribution < 1.29 is 14.7 Å². The molecule has 0 spiro atoms. The number of amides is 1. The summed E-state index contributed by atoms with van der Waals surface area (Å²) in [5.41, 5.74) is 6.41. The van der Waals surface area contributed by atoms with E-state index in [0.29, 0.717) is 5.69 Å². The first kappa shape index (κ1) is 14.2. The van der Waals surface area contributed by atoms with E-state index < -0.39 is 12.0 Å². The van der Waals surface area contributed by atoms with Crippen LogP contribution in [0.3, 0.4) is 0 Å². The zero-order valence-corrected chi connectivity index (χ0v) is 11.3. The van der Waals surface area contributed by atoms with Crippen molar-refractivity contribution in [1.82, 2.24) is 10.3 Å². The highest BCUT2D eigenvalue weighted by atomic mass is 32.1. The third-order valence-electron chi connectivity index (χ3n) is 2.64. The fourth-order valence-electron chi connectivity index (χ4n) is 1.59. The predicted molar refractivity (Wildman–Crippen MR) is 74.3 cm³/mol. The van der Waals surface area contributed by atoms with Crippen molar-refractivity contribution in [3.05, 3.63) is 52.0 Å². The summed E-state index contributed by atoms with van der Waals surface area (Å²) in [6.45, 7) is 0.138. The van der Waals surface area contributed by atoms with Gasteiger partial charge in [0, 0.05) is 11.1 Å². The maximum absolute atomic E-state index is 11.9. The quantitative estimate of drug-likeness (QED) is 0.766. The molecule has 1 unspecified atom stereocenters. The van der Waals surface area contributed by atoms with Gasteiger partial charge in [-0.3, -0.25) is 9.78 Å². The number of aromatic nitrogens is 1. The van der Waals surface area contributed by atoms with E-state index in [0.717, 1.165) is 4.88 Å². The Balaban J connectivity index is 1.96. The van der Waals surface area contributed by atoms with Gasteiger partial charge in [-0.25, -0.2) is 4.79 Å². The van der Waals surface area contributed by atoms with E-state index in [1.807, 2.05) is 11.4 Å². The number of carboxylic acids is 1. The lowest BCUT2D eigenvalue weighted by atomic mass is 10.2. The number of hydrogen-bond acceptors (Lipinski definition) is 5. The van der Waals surface area contributed by atoms with Gasteiger partial charge in [0.2, 0.25) is 5.91 Å². The number of hydrogen-bond donors (Lipinski definition) is 3. The Bertz CT molecular complexity index is 613. The molecule has 20 heavy (non-hydrogen) atoms. The zero-order valence-electron chi connectivity index (χ0n) is 10.4. The van der Waals surface area contributed by atoms with Crippen LogP contribution in [-0.4, -0.2) is 22.0 Å². The number of carbonyl (C=O) groups is 2. The normalized spacial score (nSPS) is 11.8. The van der Waals surface area contributed by atoms with Crippen molar-refractivity contribution in [3.8, 4) is 0 Å². The van der Waals surface area contributed by atoms with Crippen molar-refractivity contribution >= 4 is 23.2 Å². The van der Waals surface area contributed by atoms with Gasteiger partial charge in [-0.1, -0.05) is 6.07 Å². The van der Waals surface area contributed by atoms with Gasteiger partial charge in [0.1, 0.15) is 6.04 Å². The number of aromatic carboxylic acids is 1. The molecule has 0 saturated heterocycles. The first-order chi connectivity index (χ1) is 9.58. The van der Waals surface area contributed by atoms with Crippen LogP contribution in [0.25, 0.3) is 0 Å². The Labute approximate surface area is 119 Å². The molecule has 2 aromatic rings. The Morgan fingerprint density at radius 2 is 2.25 bits per heavy atom. The monoisotopic (exact) mass is 291 g/mol. The van der Waals surface area contributed by atoms with Gasteiger partial charge in [0.15, 0.2) is 0 Å². The van der Waals surface area contributed by atoms with E-state index in [9.17, 15) is 9.59 Å². The third kappa shape index (κ3) is 3.40. The minimum Gasteiger partial charge on any atom is -0.478 e. The van der Waals surface area contributed by atoms with Crippen LogP contribution >= 0.6 is 11.3 Å². The Hall–Kier alpha value is -2.25. The summed E-state index contributed by atoms with van der Waals surface area (Å²) in [4.78, 5) is 27.5. The molecule has 6 nitrogen and oxygen atoms in total. The highest BCUT2D eigenvalue weighted by Gasteiger charge is 2.16. The Kier molecular flexibility index (Phi) is 4.44. The van der Waals surface area contributed by atoms with E-state index in [1.165, 1.54) is 29.7 Å². The lowest BCUT2D eigenvalue weighted by molar-refractivity contribution is -0.122. The zero-order chi connectivity index (χ0) is 14.5. The predicted octanol–water partition coefficient (Wildman–Crippen LogP) is 1.16. The fourth-order valence-corrected chi connectivity index (χ4v) is 2.32. The van der Waals surface area contributed by atoms with Crippen LogP contribution in [0.1, 0.15) is 27.0 Å². The van der Waals surface area contributed by atoms with Crippen LogP contribution in [0.5, 0.6) is 0 Å². The summed E-state index contributed by atoms with van der Waals surface area (Å²) in [5.74, 6) is -1.36. The van der Waals surface area contributed by atoms with E-state index in [1.54, 1.807) is 6.07 Å².